The van der Waals surface area contributed by atoms with Gasteiger partial charge in [-0.1, -0.05) is 42.0 Å². The summed E-state index contributed by atoms with van der Waals surface area (Å²) in [5.41, 5.74) is 11.1. The molecule has 2 aromatic rings. The van der Waals surface area contributed by atoms with Crippen molar-refractivity contribution < 1.29 is 14.3 Å². The van der Waals surface area contributed by atoms with Crippen LogP contribution in [0, 0.1) is 20.8 Å². The van der Waals surface area contributed by atoms with Gasteiger partial charge >= 0.3 is 0 Å². The molecule has 5 heteroatoms. The molecule has 29 heavy (non-hydrogen) atoms. The van der Waals surface area contributed by atoms with Crippen molar-refractivity contribution in [1.82, 2.24) is 4.90 Å². The van der Waals surface area contributed by atoms with E-state index in [1.807, 2.05) is 20.9 Å². The number of carbonyl (C=O) groups is 1. The number of nitrogens with two attached hydrogens (primary N) is 1. The van der Waals surface area contributed by atoms with Crippen LogP contribution in [0.5, 0.6) is 5.75 Å². The fourth-order valence-corrected chi connectivity index (χ4v) is 3.87. The highest BCUT2D eigenvalue weighted by Gasteiger charge is 2.37. The van der Waals surface area contributed by atoms with Crippen LogP contribution in [0.4, 0.5) is 0 Å². The van der Waals surface area contributed by atoms with Gasteiger partial charge in [0.25, 0.3) is 0 Å². The minimum atomic E-state index is -0.811. The van der Waals surface area contributed by atoms with Gasteiger partial charge in [-0.3, -0.25) is 4.79 Å². The van der Waals surface area contributed by atoms with E-state index in [0.717, 1.165) is 28.0 Å². The summed E-state index contributed by atoms with van der Waals surface area (Å²) in [4.78, 5) is 14.6. The highest BCUT2D eigenvalue weighted by atomic mass is 16.5. The van der Waals surface area contributed by atoms with Crippen molar-refractivity contribution in [2.45, 2.75) is 52.3 Å². The third kappa shape index (κ3) is 5.17. The average Bonchev–Trinajstić information content (AvgIpc) is 2.68. The van der Waals surface area contributed by atoms with Crippen LogP contribution in [0.25, 0.3) is 0 Å². The van der Waals surface area contributed by atoms with E-state index in [2.05, 4.69) is 43.3 Å². The number of carbonyl (C=O) groups excluding carboxylic acids is 1. The van der Waals surface area contributed by atoms with E-state index < -0.39 is 5.54 Å². The molecule has 0 radical (unpaired) electrons. The topological polar surface area (TPSA) is 64.8 Å². The monoisotopic (exact) mass is 396 g/mol. The largest absolute Gasteiger partial charge is 0.488 e. The summed E-state index contributed by atoms with van der Waals surface area (Å²) in [5, 5.41) is 0. The number of hydrogen-bond acceptors (Lipinski definition) is 4. The number of likely N-dealkylation sites (N-methyl/N-ethyl adjacent to an activating group) is 1. The maximum absolute atomic E-state index is 12.9. The van der Waals surface area contributed by atoms with E-state index in [4.69, 9.17) is 15.2 Å². The molecule has 0 unspecified atom stereocenters. The molecule has 1 fully saturated rings. The third-order valence-corrected chi connectivity index (χ3v) is 5.60. The predicted molar refractivity (Wildman–Crippen MR) is 115 cm³/mol. The fraction of sp³-hybridized carbons (Fsp3) is 0.458. The van der Waals surface area contributed by atoms with E-state index in [1.54, 1.807) is 4.90 Å². The summed E-state index contributed by atoms with van der Waals surface area (Å²) in [5.74, 6) is 0.888. The Balaban J connectivity index is 1.66. The molecule has 1 aliphatic heterocycles. The number of nitrogens with zero attached hydrogens (tertiary/aromatic N) is 1. The van der Waals surface area contributed by atoms with Gasteiger partial charge in [0.2, 0.25) is 5.91 Å². The van der Waals surface area contributed by atoms with Crippen LogP contribution < -0.4 is 10.5 Å². The van der Waals surface area contributed by atoms with Crippen molar-refractivity contribution in [3.8, 4) is 5.75 Å². The first-order chi connectivity index (χ1) is 13.8. The lowest BCUT2D eigenvalue weighted by Crippen LogP contribution is -2.57. The minimum Gasteiger partial charge on any atom is -0.488 e. The number of rotatable bonds is 6. The highest BCUT2D eigenvalue weighted by Crippen LogP contribution is 2.27. The second-order valence-corrected chi connectivity index (χ2v) is 8.26. The lowest BCUT2D eigenvalue weighted by atomic mass is 9.89. The molecule has 5 nitrogen and oxygen atoms in total. The van der Waals surface area contributed by atoms with Gasteiger partial charge in [-0.25, -0.2) is 0 Å². The van der Waals surface area contributed by atoms with Crippen LogP contribution in [-0.4, -0.2) is 36.6 Å². The van der Waals surface area contributed by atoms with Crippen molar-refractivity contribution in [2.24, 2.45) is 5.73 Å². The summed E-state index contributed by atoms with van der Waals surface area (Å²) in [6, 6.07) is 12.6. The molecule has 156 valence electrons. The maximum Gasteiger partial charge on any atom is 0.242 e. The Kier molecular flexibility index (Phi) is 6.60. The molecule has 0 aliphatic carbocycles. The summed E-state index contributed by atoms with van der Waals surface area (Å²) in [7, 11) is 1.82. The molecule has 1 aliphatic rings. The molecule has 0 spiro atoms. The smallest absolute Gasteiger partial charge is 0.242 e. The summed E-state index contributed by atoms with van der Waals surface area (Å²) < 4.78 is 11.5. The van der Waals surface area contributed by atoms with Crippen molar-refractivity contribution in [2.75, 3.05) is 20.3 Å². The van der Waals surface area contributed by atoms with Gasteiger partial charge in [-0.15, -0.1) is 0 Å². The fourth-order valence-electron chi connectivity index (χ4n) is 3.87. The summed E-state index contributed by atoms with van der Waals surface area (Å²) in [6.45, 7) is 8.32. The molecule has 2 N–H and O–H groups in total. The number of aryl methyl sites for hydroxylation is 3. The van der Waals surface area contributed by atoms with Gasteiger partial charge in [-0.2, -0.15) is 0 Å². The maximum atomic E-state index is 12.9. The molecule has 1 saturated heterocycles. The highest BCUT2D eigenvalue weighted by molar-refractivity contribution is 5.86. The zero-order chi connectivity index (χ0) is 21.0. The van der Waals surface area contributed by atoms with Crippen LogP contribution in [0.1, 0.15) is 40.7 Å². The molecule has 2 aromatic carbocycles. The van der Waals surface area contributed by atoms with Gasteiger partial charge < -0.3 is 20.1 Å². The Morgan fingerprint density at radius 1 is 1.07 bits per heavy atom. The molecule has 1 amide bonds. The van der Waals surface area contributed by atoms with Crippen LogP contribution in [-0.2, 0) is 22.7 Å². The molecule has 0 aromatic heterocycles. The van der Waals surface area contributed by atoms with Crippen molar-refractivity contribution in [1.29, 1.82) is 0 Å². The average molecular weight is 397 g/mol. The molecular weight excluding hydrogens is 364 g/mol. The zero-order valence-electron chi connectivity index (χ0n) is 18.0. The van der Waals surface area contributed by atoms with Crippen LogP contribution in [0.3, 0.4) is 0 Å². The first kappa shape index (κ1) is 21.3. The number of ether oxygens (including phenoxy) is 2. The number of benzene rings is 2. The first-order valence-corrected chi connectivity index (χ1v) is 10.2. The second kappa shape index (κ2) is 8.97. The molecule has 0 saturated carbocycles. The Hall–Kier alpha value is -2.37. The van der Waals surface area contributed by atoms with Gasteiger partial charge in [0.1, 0.15) is 12.4 Å². The normalized spacial score (nSPS) is 15.8. The molecule has 0 bridgehead atoms. The standard InChI is InChI=1S/C24H32N2O3/c1-17-5-7-20(8-6-17)16-29-22-18(2)13-21(14-19(22)3)15-26(4)23(27)24(25)9-11-28-12-10-24/h5-8,13-14H,9-12,15-16,25H2,1-4H3. The molecular formula is C24H32N2O3. The lowest BCUT2D eigenvalue weighted by Gasteiger charge is -2.35. The van der Waals surface area contributed by atoms with Crippen LogP contribution in [0.2, 0.25) is 0 Å². The summed E-state index contributed by atoms with van der Waals surface area (Å²) >= 11 is 0. The van der Waals surface area contributed by atoms with Gasteiger partial charge in [0.15, 0.2) is 0 Å². The van der Waals surface area contributed by atoms with Crippen LogP contribution in [0.15, 0.2) is 36.4 Å². The minimum absolute atomic E-state index is 0.0178. The molecule has 0 atom stereocenters. The van der Waals surface area contributed by atoms with E-state index in [1.165, 1.54) is 5.56 Å². The van der Waals surface area contributed by atoms with E-state index in [0.29, 0.717) is 39.2 Å². The predicted octanol–water partition coefficient (Wildman–Crippen LogP) is 3.66. The van der Waals surface area contributed by atoms with Gasteiger partial charge in [-0.05, 0) is 55.9 Å². The Bertz CT molecular complexity index is 832. The summed E-state index contributed by atoms with van der Waals surface area (Å²) in [6.07, 6.45) is 1.14. The third-order valence-electron chi connectivity index (χ3n) is 5.60. The second-order valence-electron chi connectivity index (χ2n) is 8.26. The van der Waals surface area contributed by atoms with Crippen molar-refractivity contribution >= 4 is 5.91 Å². The van der Waals surface area contributed by atoms with Crippen molar-refractivity contribution in [3.63, 3.8) is 0 Å². The Morgan fingerprint density at radius 2 is 1.66 bits per heavy atom. The first-order valence-electron chi connectivity index (χ1n) is 10.2. The Morgan fingerprint density at radius 3 is 2.24 bits per heavy atom. The zero-order valence-corrected chi connectivity index (χ0v) is 18.0. The molecule has 1 heterocycles. The quantitative estimate of drug-likeness (QED) is 0.809. The molecule has 3 rings (SSSR count). The van der Waals surface area contributed by atoms with E-state index in [9.17, 15) is 4.79 Å². The number of amides is 1. The van der Waals surface area contributed by atoms with E-state index >= 15 is 0 Å². The number of hydrogen-bond donors (Lipinski definition) is 1. The van der Waals surface area contributed by atoms with Gasteiger partial charge in [0, 0.05) is 26.8 Å². The van der Waals surface area contributed by atoms with E-state index in [-0.39, 0.29) is 5.91 Å². The van der Waals surface area contributed by atoms with Crippen LogP contribution >= 0.6 is 0 Å². The Labute approximate surface area is 173 Å². The lowest BCUT2D eigenvalue weighted by molar-refractivity contribution is -0.139. The SMILES string of the molecule is Cc1ccc(COc2c(C)cc(CN(C)C(=O)C3(N)CCOCC3)cc2C)cc1. The van der Waals surface area contributed by atoms with Gasteiger partial charge in [0.05, 0.1) is 5.54 Å². The van der Waals surface area contributed by atoms with Crippen molar-refractivity contribution in [3.05, 3.63) is 64.2 Å².